The van der Waals surface area contributed by atoms with Gasteiger partial charge in [-0.25, -0.2) is 4.39 Å². The highest BCUT2D eigenvalue weighted by Gasteiger charge is 2.33. The maximum atomic E-state index is 13.2. The molecule has 1 aromatic heterocycles. The summed E-state index contributed by atoms with van der Waals surface area (Å²) in [6.45, 7) is 0.354. The van der Waals surface area contributed by atoms with Crippen LogP contribution in [-0.4, -0.2) is 22.3 Å². The summed E-state index contributed by atoms with van der Waals surface area (Å²) in [7, 11) is 1.55. The quantitative estimate of drug-likeness (QED) is 0.288. The van der Waals surface area contributed by atoms with Gasteiger partial charge < -0.3 is 9.47 Å². The Balaban J connectivity index is 1.58. The van der Waals surface area contributed by atoms with E-state index in [9.17, 15) is 9.18 Å². The summed E-state index contributed by atoms with van der Waals surface area (Å²) < 4.78 is 25.8. The van der Waals surface area contributed by atoms with Crippen LogP contribution in [0.15, 0.2) is 70.3 Å². The molecule has 0 atom stereocenters. The molecule has 32 heavy (non-hydrogen) atoms. The molecule has 9 heteroatoms. The van der Waals surface area contributed by atoms with E-state index in [2.05, 4.69) is 20.9 Å². The number of thiocarbonyl (C=S) groups is 1. The minimum absolute atomic E-state index is 0.264. The summed E-state index contributed by atoms with van der Waals surface area (Å²) >= 11 is 10.1. The first kappa shape index (κ1) is 22.4. The van der Waals surface area contributed by atoms with Gasteiger partial charge in [-0.1, -0.05) is 24.0 Å². The van der Waals surface area contributed by atoms with E-state index in [1.54, 1.807) is 31.6 Å². The Hall–Kier alpha value is -2.75. The van der Waals surface area contributed by atoms with Crippen LogP contribution in [0.25, 0.3) is 6.08 Å². The Bertz CT molecular complexity index is 1200. The maximum absolute atomic E-state index is 13.2. The summed E-state index contributed by atoms with van der Waals surface area (Å²) in [5.74, 6) is 0.437. The zero-order chi connectivity index (χ0) is 22.7. The molecule has 0 bridgehead atoms. The van der Waals surface area contributed by atoms with Gasteiger partial charge >= 0.3 is 0 Å². The smallest absolute Gasteiger partial charge is 0.270 e. The summed E-state index contributed by atoms with van der Waals surface area (Å²) in [5.41, 5.74) is 2.24. The minimum atomic E-state index is -0.377. The average molecular weight is 531 g/mol. The lowest BCUT2D eigenvalue weighted by molar-refractivity contribution is -0.113. The van der Waals surface area contributed by atoms with Crippen molar-refractivity contribution in [3.05, 3.63) is 87.2 Å². The highest BCUT2D eigenvalue weighted by molar-refractivity contribution is 9.10. The van der Waals surface area contributed by atoms with Gasteiger partial charge in [-0.05, 0) is 81.7 Å². The lowest BCUT2D eigenvalue weighted by Crippen LogP contribution is -2.27. The highest BCUT2D eigenvalue weighted by Crippen LogP contribution is 2.40. The lowest BCUT2D eigenvalue weighted by Gasteiger charge is -2.14. The molecule has 0 spiro atoms. The Labute approximate surface area is 202 Å². The van der Waals surface area contributed by atoms with E-state index < -0.39 is 0 Å². The number of pyridine rings is 1. The van der Waals surface area contributed by atoms with Crippen molar-refractivity contribution in [1.82, 2.24) is 4.98 Å². The molecule has 1 aliphatic rings. The molecule has 0 N–H and O–H groups in total. The van der Waals surface area contributed by atoms with Gasteiger partial charge in [0.15, 0.2) is 15.8 Å². The number of amides is 1. The number of anilines is 1. The Morgan fingerprint density at radius 3 is 2.59 bits per heavy atom. The Kier molecular flexibility index (Phi) is 6.88. The fraction of sp³-hybridized carbons (Fsp3) is 0.0870. The number of benzene rings is 2. The van der Waals surface area contributed by atoms with Gasteiger partial charge in [0.2, 0.25) is 0 Å². The molecule has 0 aliphatic carbocycles. The largest absolute Gasteiger partial charge is 0.493 e. The van der Waals surface area contributed by atoms with Crippen molar-refractivity contribution >= 4 is 61.9 Å². The average Bonchev–Trinajstić information content (AvgIpc) is 3.06. The number of carbonyl (C=O) groups is 1. The number of carbonyl (C=O) groups excluding carboxylic acids is 1. The molecule has 1 saturated heterocycles. The molecular weight excluding hydrogens is 515 g/mol. The van der Waals surface area contributed by atoms with Crippen LogP contribution >= 0.6 is 39.9 Å². The van der Waals surface area contributed by atoms with E-state index in [1.807, 2.05) is 18.2 Å². The molecule has 2 heterocycles. The van der Waals surface area contributed by atoms with Gasteiger partial charge in [0, 0.05) is 12.4 Å². The van der Waals surface area contributed by atoms with Gasteiger partial charge in [0.25, 0.3) is 5.91 Å². The van der Waals surface area contributed by atoms with Crippen LogP contribution < -0.4 is 14.4 Å². The minimum Gasteiger partial charge on any atom is -0.493 e. The second-order valence-electron chi connectivity index (χ2n) is 6.67. The number of methoxy groups -OCH3 is 1. The predicted octanol–water partition coefficient (Wildman–Crippen LogP) is 5.98. The number of thioether (sulfide) groups is 1. The van der Waals surface area contributed by atoms with Crippen LogP contribution in [0, 0.1) is 5.82 Å². The second-order valence-corrected chi connectivity index (χ2v) is 9.20. The van der Waals surface area contributed by atoms with Crippen LogP contribution in [-0.2, 0) is 11.4 Å². The van der Waals surface area contributed by atoms with E-state index in [1.165, 1.54) is 40.9 Å². The van der Waals surface area contributed by atoms with E-state index >= 15 is 0 Å². The number of rotatable bonds is 6. The molecule has 0 radical (unpaired) electrons. The molecule has 1 aliphatic heterocycles. The molecule has 2 aromatic carbocycles. The first-order chi connectivity index (χ1) is 15.5. The molecule has 0 saturated carbocycles. The molecule has 162 valence electrons. The highest BCUT2D eigenvalue weighted by atomic mass is 79.9. The zero-order valence-electron chi connectivity index (χ0n) is 16.7. The molecule has 0 unspecified atom stereocenters. The number of halogens is 2. The topological polar surface area (TPSA) is 51.7 Å². The number of aromatic nitrogens is 1. The predicted molar refractivity (Wildman–Crippen MR) is 131 cm³/mol. The van der Waals surface area contributed by atoms with Crippen molar-refractivity contribution in [2.24, 2.45) is 0 Å². The third-order valence-electron chi connectivity index (χ3n) is 4.56. The standard InChI is InChI=1S/C23H16BrFN2O3S2/c1-29-19-11-15(10-18(24)21(19)30-13-14-6-8-26-9-7-14)12-20-22(28)27(23(31)32-20)17-4-2-16(25)3-5-17/h2-12H,13H2,1H3/b20-12+. The number of ether oxygens (including phenoxy) is 2. The van der Waals surface area contributed by atoms with Gasteiger partial charge in [-0.15, -0.1) is 0 Å². The molecule has 5 nitrogen and oxygen atoms in total. The molecular formula is C23H16BrFN2O3S2. The summed E-state index contributed by atoms with van der Waals surface area (Å²) in [6, 6.07) is 13.0. The third-order valence-corrected chi connectivity index (χ3v) is 6.45. The summed E-state index contributed by atoms with van der Waals surface area (Å²) in [6.07, 6.45) is 5.15. The number of nitrogens with zero attached hydrogens (tertiary/aromatic N) is 2. The molecule has 3 aromatic rings. The van der Waals surface area contributed by atoms with E-state index in [0.717, 1.165) is 11.1 Å². The number of hydrogen-bond donors (Lipinski definition) is 0. The van der Waals surface area contributed by atoms with Crippen molar-refractivity contribution in [2.45, 2.75) is 6.61 Å². The zero-order valence-corrected chi connectivity index (χ0v) is 20.0. The SMILES string of the molecule is COc1cc(/C=C2/SC(=S)N(c3ccc(F)cc3)C2=O)cc(Br)c1OCc1ccncc1. The van der Waals surface area contributed by atoms with E-state index in [4.69, 9.17) is 21.7 Å². The van der Waals surface area contributed by atoms with Gasteiger partial charge in [-0.3, -0.25) is 14.7 Å². The Morgan fingerprint density at radius 2 is 1.91 bits per heavy atom. The summed E-state index contributed by atoms with van der Waals surface area (Å²) in [5, 5.41) is 0. The van der Waals surface area contributed by atoms with Crippen molar-refractivity contribution in [3.63, 3.8) is 0 Å². The molecule has 1 amide bonds. The van der Waals surface area contributed by atoms with Crippen LogP contribution in [0.2, 0.25) is 0 Å². The monoisotopic (exact) mass is 530 g/mol. The van der Waals surface area contributed by atoms with Crippen LogP contribution in [0.3, 0.4) is 0 Å². The van der Waals surface area contributed by atoms with E-state index in [-0.39, 0.29) is 11.7 Å². The fourth-order valence-electron chi connectivity index (χ4n) is 3.03. The van der Waals surface area contributed by atoms with Gasteiger partial charge in [0.1, 0.15) is 12.4 Å². The van der Waals surface area contributed by atoms with Gasteiger partial charge in [-0.2, -0.15) is 0 Å². The van der Waals surface area contributed by atoms with Crippen LogP contribution in [0.4, 0.5) is 10.1 Å². The van der Waals surface area contributed by atoms with Crippen LogP contribution in [0.1, 0.15) is 11.1 Å². The molecule has 1 fully saturated rings. The lowest BCUT2D eigenvalue weighted by atomic mass is 10.1. The first-order valence-electron chi connectivity index (χ1n) is 9.39. The molecule has 4 rings (SSSR count). The van der Waals surface area contributed by atoms with Crippen LogP contribution in [0.5, 0.6) is 11.5 Å². The third kappa shape index (κ3) is 4.85. The van der Waals surface area contributed by atoms with Crippen molar-refractivity contribution in [1.29, 1.82) is 0 Å². The second kappa shape index (κ2) is 9.81. The van der Waals surface area contributed by atoms with Crippen molar-refractivity contribution < 1.29 is 18.7 Å². The maximum Gasteiger partial charge on any atom is 0.270 e. The normalized spacial score (nSPS) is 14.8. The Morgan fingerprint density at radius 1 is 1.19 bits per heavy atom. The fourth-order valence-corrected chi connectivity index (χ4v) is 4.90. The number of hydrogen-bond acceptors (Lipinski definition) is 6. The van der Waals surface area contributed by atoms with Crippen molar-refractivity contribution in [3.8, 4) is 11.5 Å². The summed E-state index contributed by atoms with van der Waals surface area (Å²) in [4.78, 5) is 18.8. The van der Waals surface area contributed by atoms with Crippen molar-refractivity contribution in [2.75, 3.05) is 12.0 Å². The first-order valence-corrected chi connectivity index (χ1v) is 11.4. The van der Waals surface area contributed by atoms with E-state index in [0.29, 0.717) is 37.5 Å². The van der Waals surface area contributed by atoms with Gasteiger partial charge in [0.05, 0.1) is 22.2 Å².